The Labute approximate surface area is 248 Å². The molecule has 0 amide bonds. The number of benzene rings is 4. The number of ether oxygens (including phenoxy) is 4. The Morgan fingerprint density at radius 2 is 1.48 bits per heavy atom. The van der Waals surface area contributed by atoms with E-state index in [9.17, 15) is 4.79 Å². The fourth-order valence-electron chi connectivity index (χ4n) is 5.28. The minimum Gasteiger partial charge on any atom is -0.491 e. The molecular formula is C37H38O5. The van der Waals surface area contributed by atoms with E-state index in [0.717, 1.165) is 28.0 Å². The molecule has 0 saturated heterocycles. The Bertz CT molecular complexity index is 1510. The Morgan fingerprint density at radius 1 is 0.762 bits per heavy atom. The molecule has 2 unspecified atom stereocenters. The first-order valence-electron chi connectivity index (χ1n) is 14.6. The van der Waals surface area contributed by atoms with E-state index < -0.39 is 6.10 Å². The SMILES string of the molecule is CCOC(=O)C(Cc1ccc(OCCOC2c3ccc(C)cc3C=Cc3cc(-c4ccccc4)ccc32)cc1)OCC. The topological polar surface area (TPSA) is 54.0 Å². The van der Waals surface area contributed by atoms with Gasteiger partial charge in [-0.15, -0.1) is 0 Å². The van der Waals surface area contributed by atoms with Crippen LogP contribution in [0.2, 0.25) is 0 Å². The second-order valence-corrected chi connectivity index (χ2v) is 10.3. The molecule has 0 bridgehead atoms. The molecular weight excluding hydrogens is 524 g/mol. The van der Waals surface area contributed by atoms with E-state index in [1.54, 1.807) is 6.92 Å². The average Bonchev–Trinajstić information content (AvgIpc) is 3.16. The molecule has 4 aromatic carbocycles. The maximum atomic E-state index is 12.2. The number of hydrogen-bond acceptors (Lipinski definition) is 5. The van der Waals surface area contributed by atoms with Crippen LogP contribution in [0.5, 0.6) is 5.75 Å². The molecule has 42 heavy (non-hydrogen) atoms. The molecule has 0 aliphatic heterocycles. The number of hydrogen-bond donors (Lipinski definition) is 0. The molecule has 1 aliphatic carbocycles. The molecule has 4 aromatic rings. The van der Waals surface area contributed by atoms with Gasteiger partial charge < -0.3 is 18.9 Å². The minimum absolute atomic E-state index is 0.209. The van der Waals surface area contributed by atoms with Gasteiger partial charge in [-0.3, -0.25) is 0 Å². The first-order valence-corrected chi connectivity index (χ1v) is 14.6. The summed E-state index contributed by atoms with van der Waals surface area (Å²) in [7, 11) is 0. The maximum absolute atomic E-state index is 12.2. The van der Waals surface area contributed by atoms with E-state index in [-0.39, 0.29) is 12.1 Å². The van der Waals surface area contributed by atoms with Crippen molar-refractivity contribution in [3.63, 3.8) is 0 Å². The molecule has 0 fully saturated rings. The van der Waals surface area contributed by atoms with Crippen LogP contribution < -0.4 is 4.74 Å². The van der Waals surface area contributed by atoms with Gasteiger partial charge in [-0.25, -0.2) is 4.79 Å². The van der Waals surface area contributed by atoms with Crippen molar-refractivity contribution in [2.45, 2.75) is 39.4 Å². The van der Waals surface area contributed by atoms with E-state index >= 15 is 0 Å². The molecule has 0 spiro atoms. The summed E-state index contributed by atoms with van der Waals surface area (Å²) in [6.07, 6.45) is 4.02. The number of carbonyl (C=O) groups excluding carboxylic acids is 1. The van der Waals surface area contributed by atoms with Gasteiger partial charge in [0.25, 0.3) is 0 Å². The number of carbonyl (C=O) groups is 1. The van der Waals surface area contributed by atoms with E-state index in [4.69, 9.17) is 18.9 Å². The van der Waals surface area contributed by atoms with Crippen molar-refractivity contribution in [2.24, 2.45) is 0 Å². The van der Waals surface area contributed by atoms with Gasteiger partial charge in [0.15, 0.2) is 6.10 Å². The average molecular weight is 563 g/mol. The summed E-state index contributed by atoms with van der Waals surface area (Å²) in [5, 5.41) is 0. The van der Waals surface area contributed by atoms with Crippen LogP contribution in [0.1, 0.15) is 53.3 Å². The predicted molar refractivity (Wildman–Crippen MR) is 167 cm³/mol. The van der Waals surface area contributed by atoms with Crippen LogP contribution in [0.15, 0.2) is 91.0 Å². The van der Waals surface area contributed by atoms with Crippen LogP contribution >= 0.6 is 0 Å². The largest absolute Gasteiger partial charge is 0.491 e. The third-order valence-electron chi connectivity index (χ3n) is 7.34. The lowest BCUT2D eigenvalue weighted by atomic mass is 9.93. The third-order valence-corrected chi connectivity index (χ3v) is 7.34. The van der Waals surface area contributed by atoms with Crippen molar-refractivity contribution < 1.29 is 23.7 Å². The summed E-state index contributed by atoms with van der Waals surface area (Å²) in [6, 6.07) is 31.3. The fourth-order valence-corrected chi connectivity index (χ4v) is 5.28. The van der Waals surface area contributed by atoms with Crippen LogP contribution in [0.25, 0.3) is 23.3 Å². The van der Waals surface area contributed by atoms with Gasteiger partial charge in [-0.1, -0.05) is 90.5 Å². The van der Waals surface area contributed by atoms with Crippen molar-refractivity contribution in [1.82, 2.24) is 0 Å². The van der Waals surface area contributed by atoms with Crippen molar-refractivity contribution in [1.29, 1.82) is 0 Å². The van der Waals surface area contributed by atoms with Gasteiger partial charge in [-0.05, 0) is 77.9 Å². The molecule has 0 aromatic heterocycles. The van der Waals surface area contributed by atoms with Gasteiger partial charge in [0.05, 0.1) is 13.2 Å². The Balaban J connectivity index is 1.26. The lowest BCUT2D eigenvalue weighted by Gasteiger charge is -2.22. The Morgan fingerprint density at radius 3 is 2.19 bits per heavy atom. The Hall–Kier alpha value is -4.19. The summed E-state index contributed by atoms with van der Waals surface area (Å²) in [4.78, 5) is 12.2. The van der Waals surface area contributed by atoms with Crippen LogP contribution in [0.4, 0.5) is 0 Å². The molecule has 2 atom stereocenters. The lowest BCUT2D eigenvalue weighted by Crippen LogP contribution is -2.28. The van der Waals surface area contributed by atoms with Crippen molar-refractivity contribution in [3.8, 4) is 16.9 Å². The third kappa shape index (κ3) is 7.17. The van der Waals surface area contributed by atoms with E-state index in [2.05, 4.69) is 79.7 Å². The molecule has 5 nitrogen and oxygen atoms in total. The normalized spacial score (nSPS) is 14.4. The van der Waals surface area contributed by atoms with Crippen LogP contribution in [-0.2, 0) is 25.4 Å². The summed E-state index contributed by atoms with van der Waals surface area (Å²) in [5.41, 5.74) is 9.19. The van der Waals surface area contributed by atoms with Gasteiger partial charge in [-0.2, -0.15) is 0 Å². The van der Waals surface area contributed by atoms with Crippen LogP contribution in [0, 0.1) is 6.92 Å². The van der Waals surface area contributed by atoms with E-state index in [1.807, 2.05) is 37.3 Å². The molecule has 5 rings (SSSR count). The van der Waals surface area contributed by atoms with Gasteiger partial charge >= 0.3 is 5.97 Å². The highest BCUT2D eigenvalue weighted by molar-refractivity contribution is 5.79. The number of rotatable bonds is 12. The van der Waals surface area contributed by atoms with Crippen LogP contribution in [0.3, 0.4) is 0 Å². The summed E-state index contributed by atoms with van der Waals surface area (Å²) in [5.74, 6) is 0.415. The van der Waals surface area contributed by atoms with Crippen molar-refractivity contribution in [3.05, 3.63) is 124 Å². The lowest BCUT2D eigenvalue weighted by molar-refractivity contribution is -0.156. The van der Waals surface area contributed by atoms with Gasteiger partial charge in [0.1, 0.15) is 18.5 Å². The Kier molecular flexibility index (Phi) is 9.86. The number of esters is 1. The van der Waals surface area contributed by atoms with E-state index in [0.29, 0.717) is 32.8 Å². The standard InChI is InChI=1S/C37H38O5/c1-4-39-35(37(38)40-5-2)24-27-12-17-32(18-13-27)41-21-22-42-36-33-19-11-26(3)23-30(33)14-15-31-25-29(16-20-34(31)36)28-9-7-6-8-10-28/h6-20,23,25,35-36H,4-5,21-22,24H2,1-3H3. The first-order chi connectivity index (χ1) is 20.6. The smallest absolute Gasteiger partial charge is 0.335 e. The molecule has 0 N–H and O–H groups in total. The highest BCUT2D eigenvalue weighted by Crippen LogP contribution is 2.37. The summed E-state index contributed by atoms with van der Waals surface area (Å²) < 4.78 is 23.3. The zero-order valence-corrected chi connectivity index (χ0v) is 24.5. The van der Waals surface area contributed by atoms with Crippen molar-refractivity contribution in [2.75, 3.05) is 26.4 Å². The first kappa shape index (κ1) is 29.3. The maximum Gasteiger partial charge on any atom is 0.335 e. The van der Waals surface area contributed by atoms with Crippen LogP contribution in [-0.4, -0.2) is 38.5 Å². The van der Waals surface area contributed by atoms with E-state index in [1.165, 1.54) is 22.3 Å². The van der Waals surface area contributed by atoms with Gasteiger partial charge in [0.2, 0.25) is 0 Å². The monoisotopic (exact) mass is 562 g/mol. The quantitative estimate of drug-likeness (QED) is 0.130. The molecule has 0 heterocycles. The predicted octanol–water partition coefficient (Wildman–Crippen LogP) is 7.84. The molecule has 216 valence electrons. The minimum atomic E-state index is -0.609. The highest BCUT2D eigenvalue weighted by Gasteiger charge is 2.23. The second kappa shape index (κ2) is 14.1. The molecule has 1 aliphatic rings. The molecule has 0 saturated carbocycles. The highest BCUT2D eigenvalue weighted by atomic mass is 16.6. The number of fused-ring (bicyclic) bond motifs is 2. The zero-order chi connectivity index (χ0) is 29.3. The molecule has 0 radical (unpaired) electrons. The summed E-state index contributed by atoms with van der Waals surface area (Å²) >= 11 is 0. The fraction of sp³-hybridized carbons (Fsp3) is 0.270. The zero-order valence-electron chi connectivity index (χ0n) is 24.5. The molecule has 5 heteroatoms. The van der Waals surface area contributed by atoms with Crippen molar-refractivity contribution >= 4 is 18.1 Å². The second-order valence-electron chi connectivity index (χ2n) is 10.3. The summed E-state index contributed by atoms with van der Waals surface area (Å²) in [6.45, 7) is 7.40. The number of aryl methyl sites for hydroxylation is 1. The van der Waals surface area contributed by atoms with Gasteiger partial charge in [0, 0.05) is 13.0 Å².